The molecule has 2 aliphatic heterocycles. The van der Waals surface area contributed by atoms with Crippen molar-refractivity contribution in [1.29, 1.82) is 0 Å². The summed E-state index contributed by atoms with van der Waals surface area (Å²) in [6.07, 6.45) is 1.89. The fourth-order valence-electron chi connectivity index (χ4n) is 8.82. The summed E-state index contributed by atoms with van der Waals surface area (Å²) in [6, 6.07) is 30.9. The summed E-state index contributed by atoms with van der Waals surface area (Å²) in [5.41, 5.74) is 11.6. The van der Waals surface area contributed by atoms with Crippen LogP contribution in [0.5, 0.6) is 11.5 Å². The van der Waals surface area contributed by atoms with E-state index in [2.05, 4.69) is 139 Å². The molecular weight excluding hydrogens is 595 g/mol. The number of aryl methyl sites for hydroxylation is 2. The van der Waals surface area contributed by atoms with Crippen LogP contribution < -0.4 is 4.74 Å². The van der Waals surface area contributed by atoms with Gasteiger partial charge in [-0.25, -0.2) is 4.98 Å². The van der Waals surface area contributed by atoms with Gasteiger partial charge < -0.3 is 4.74 Å². The Morgan fingerprint density at radius 3 is 2.28 bits per heavy atom. The molecule has 234 valence electrons. The number of benzene rings is 4. The van der Waals surface area contributed by atoms with E-state index in [0.717, 1.165) is 44.6 Å². The topological polar surface area (TPSA) is 39.4 Å². The van der Waals surface area contributed by atoms with Crippen LogP contribution in [0.15, 0.2) is 96.1 Å². The lowest BCUT2D eigenvalue weighted by Gasteiger charge is -2.40. The molecule has 0 N–H and O–H groups in total. The third-order valence-electron chi connectivity index (χ3n) is 11.8. The van der Waals surface area contributed by atoms with E-state index in [1.54, 1.807) is 0 Å². The molecule has 0 radical (unpaired) electrons. The van der Waals surface area contributed by atoms with Crippen LogP contribution >= 0.6 is 11.8 Å². The number of para-hydroxylation sites is 1. The van der Waals surface area contributed by atoms with Gasteiger partial charge in [-0.15, -0.1) is 0 Å². The van der Waals surface area contributed by atoms with E-state index >= 15 is 0 Å². The van der Waals surface area contributed by atoms with Gasteiger partial charge in [0.1, 0.15) is 17.1 Å². The molecule has 4 heterocycles. The Morgan fingerprint density at radius 1 is 0.723 bits per heavy atom. The Bertz CT molecular complexity index is 2380. The molecule has 1 aliphatic carbocycles. The van der Waals surface area contributed by atoms with Crippen molar-refractivity contribution >= 4 is 38.7 Å². The van der Waals surface area contributed by atoms with Crippen molar-refractivity contribution in [2.24, 2.45) is 4.99 Å². The second-order valence-corrected chi connectivity index (χ2v) is 16.5. The van der Waals surface area contributed by atoms with E-state index < -0.39 is 0 Å². The molecule has 0 saturated heterocycles. The first-order chi connectivity index (χ1) is 22.3. The Morgan fingerprint density at radius 2 is 1.47 bits per heavy atom. The highest BCUT2D eigenvalue weighted by molar-refractivity contribution is 8.15. The highest BCUT2D eigenvalue weighted by Crippen LogP contribution is 2.66. The van der Waals surface area contributed by atoms with E-state index in [0.29, 0.717) is 0 Å². The number of rotatable bonds is 3. The average molecular weight is 634 g/mol. The first kappa shape index (κ1) is 28.8. The van der Waals surface area contributed by atoms with Crippen LogP contribution in [0.2, 0.25) is 0 Å². The molecule has 0 spiro atoms. The summed E-state index contributed by atoms with van der Waals surface area (Å²) < 4.78 is 9.04. The number of aliphatic imine (C=N–C) groups is 1. The van der Waals surface area contributed by atoms with Gasteiger partial charge >= 0.3 is 0 Å². The molecule has 0 unspecified atom stereocenters. The second kappa shape index (κ2) is 9.17. The van der Waals surface area contributed by atoms with Crippen molar-refractivity contribution < 1.29 is 4.74 Å². The Labute approximate surface area is 280 Å². The van der Waals surface area contributed by atoms with Crippen molar-refractivity contribution in [3.8, 4) is 17.2 Å². The highest BCUT2D eigenvalue weighted by atomic mass is 32.2. The number of thioether (sulfide) groups is 1. The van der Waals surface area contributed by atoms with E-state index in [1.807, 2.05) is 24.0 Å². The summed E-state index contributed by atoms with van der Waals surface area (Å²) >= 11 is 1.90. The molecule has 47 heavy (non-hydrogen) atoms. The minimum atomic E-state index is -0.272. The Hall–Kier alpha value is -4.35. The first-order valence-corrected chi connectivity index (χ1v) is 17.4. The van der Waals surface area contributed by atoms with Crippen LogP contribution in [0.1, 0.15) is 80.5 Å². The normalized spacial score (nSPS) is 23.0. The van der Waals surface area contributed by atoms with E-state index in [-0.39, 0.29) is 21.1 Å². The van der Waals surface area contributed by atoms with Gasteiger partial charge in [0.15, 0.2) is 0 Å². The Balaban J connectivity index is 1.15. The molecule has 6 aromatic rings. The molecule has 2 aromatic heterocycles. The van der Waals surface area contributed by atoms with Gasteiger partial charge in [-0.2, -0.15) is 0 Å². The molecule has 9 rings (SSSR count). The summed E-state index contributed by atoms with van der Waals surface area (Å²) in [5.74, 6) is 1.68. The van der Waals surface area contributed by atoms with Crippen molar-refractivity contribution in [2.45, 2.75) is 76.5 Å². The molecular formula is C42H39N3OS. The van der Waals surface area contributed by atoms with E-state index in [9.17, 15) is 0 Å². The maximum atomic E-state index is 6.84. The number of hydrogen-bond donors (Lipinski definition) is 0. The fraction of sp³-hybridized carbons (Fsp3) is 0.286. The maximum Gasteiger partial charge on any atom is 0.145 e. The minimum Gasteiger partial charge on any atom is -0.457 e. The van der Waals surface area contributed by atoms with Crippen LogP contribution in [0, 0.1) is 13.8 Å². The van der Waals surface area contributed by atoms with Crippen LogP contribution in [0.3, 0.4) is 0 Å². The zero-order chi connectivity index (χ0) is 32.7. The molecule has 0 saturated carbocycles. The summed E-state index contributed by atoms with van der Waals surface area (Å²) in [6.45, 7) is 18.4. The fourth-order valence-corrected chi connectivity index (χ4v) is 10.5. The molecule has 5 heteroatoms. The van der Waals surface area contributed by atoms with Crippen molar-refractivity contribution in [3.05, 3.63) is 130 Å². The smallest absolute Gasteiger partial charge is 0.145 e. The number of hydrogen-bond acceptors (Lipinski definition) is 4. The zero-order valence-corrected chi connectivity index (χ0v) is 29.1. The summed E-state index contributed by atoms with van der Waals surface area (Å²) in [5, 5.41) is 3.49. The second-order valence-electron chi connectivity index (χ2n) is 15.1. The van der Waals surface area contributed by atoms with Gasteiger partial charge in [0.2, 0.25) is 0 Å². The predicted octanol–water partition coefficient (Wildman–Crippen LogP) is 10.7. The molecule has 0 bridgehead atoms. The van der Waals surface area contributed by atoms with Gasteiger partial charge in [0.05, 0.1) is 26.5 Å². The molecule has 0 fully saturated rings. The van der Waals surface area contributed by atoms with Crippen LogP contribution in [0.25, 0.3) is 27.6 Å². The maximum absolute atomic E-state index is 6.84. The lowest BCUT2D eigenvalue weighted by Crippen LogP contribution is -2.47. The van der Waals surface area contributed by atoms with Crippen LogP contribution in [-0.4, -0.2) is 20.1 Å². The van der Waals surface area contributed by atoms with Gasteiger partial charge in [0.25, 0.3) is 0 Å². The quantitative estimate of drug-likeness (QED) is 0.195. The SMILES string of the molecule is Cc1cc(Oc2cc3c(cc2C)C(C)(C)c2cccc4c5cccnc5n-3c24)cc(C2=N[C@]3(C)C(C)(C)c4ccccc4[C@]3(C)S2)c1. The lowest BCUT2D eigenvalue weighted by atomic mass is 9.71. The number of aromatic nitrogens is 2. The van der Waals surface area contributed by atoms with Crippen molar-refractivity contribution in [1.82, 2.24) is 9.55 Å². The Kier molecular flexibility index (Phi) is 5.62. The number of fused-ring (bicyclic) bond motifs is 8. The lowest BCUT2D eigenvalue weighted by molar-refractivity contribution is 0.264. The predicted molar refractivity (Wildman–Crippen MR) is 196 cm³/mol. The summed E-state index contributed by atoms with van der Waals surface area (Å²) in [4.78, 5) is 10.4. The van der Waals surface area contributed by atoms with E-state index in [1.165, 1.54) is 38.5 Å². The molecule has 0 amide bonds. The number of ether oxygens (including phenoxy) is 1. The van der Waals surface area contributed by atoms with E-state index in [4.69, 9.17) is 14.7 Å². The van der Waals surface area contributed by atoms with Crippen molar-refractivity contribution in [2.75, 3.05) is 0 Å². The van der Waals surface area contributed by atoms with Crippen LogP contribution in [-0.2, 0) is 15.6 Å². The van der Waals surface area contributed by atoms with Gasteiger partial charge in [-0.05, 0) is 97.5 Å². The average Bonchev–Trinajstić information content (AvgIpc) is 3.57. The van der Waals surface area contributed by atoms with Crippen LogP contribution in [0.4, 0.5) is 0 Å². The largest absolute Gasteiger partial charge is 0.457 e. The van der Waals surface area contributed by atoms with Gasteiger partial charge in [-0.1, -0.05) is 81.9 Å². The van der Waals surface area contributed by atoms with Crippen molar-refractivity contribution in [3.63, 3.8) is 0 Å². The first-order valence-electron chi connectivity index (χ1n) is 16.6. The zero-order valence-electron chi connectivity index (χ0n) is 28.3. The molecule has 3 aliphatic rings. The molecule has 4 nitrogen and oxygen atoms in total. The number of nitrogens with zero attached hydrogens (tertiary/aromatic N) is 3. The summed E-state index contributed by atoms with van der Waals surface area (Å²) in [7, 11) is 0. The van der Waals surface area contributed by atoms with Gasteiger partial charge in [-0.3, -0.25) is 9.56 Å². The monoisotopic (exact) mass is 633 g/mol. The van der Waals surface area contributed by atoms with Gasteiger partial charge in [0, 0.05) is 39.4 Å². The third-order valence-corrected chi connectivity index (χ3v) is 13.4. The molecule has 2 atom stereocenters. The standard InChI is InChI=1S/C42H39N3OS/c1-24-19-26(38-44-42(8)40(5,6)30-15-9-10-16-31(30)41(42,7)47-38)22-27(20-24)46-35-23-34-33(21-25(35)2)39(3,4)32-17-11-13-28-29-14-12-18-43-37(29)45(34)36(28)32/h9-23H,1-8H3/t41-,42+/m0/s1. The minimum absolute atomic E-state index is 0.0915. The molecule has 4 aromatic carbocycles. The number of pyridine rings is 1. The third kappa shape index (κ3) is 3.56. The highest BCUT2D eigenvalue weighted by Gasteiger charge is 2.65.